The second-order valence-electron chi connectivity index (χ2n) is 7.38. The second-order valence-corrected chi connectivity index (χ2v) is 7.38. The summed E-state index contributed by atoms with van der Waals surface area (Å²) in [5.74, 6) is 2.22. The molecule has 2 N–H and O–H groups in total. The molecule has 0 radical (unpaired) electrons. The summed E-state index contributed by atoms with van der Waals surface area (Å²) >= 11 is 0. The maximum absolute atomic E-state index is 9.39. The predicted octanol–water partition coefficient (Wildman–Crippen LogP) is 2.52. The molecule has 1 saturated carbocycles. The maximum atomic E-state index is 9.39. The zero-order chi connectivity index (χ0) is 16.4. The molecule has 2 heterocycles. The van der Waals surface area contributed by atoms with Gasteiger partial charge in [-0.25, -0.2) is 0 Å². The van der Waals surface area contributed by atoms with Crippen molar-refractivity contribution in [2.75, 3.05) is 31.4 Å². The topological polar surface area (TPSA) is 54.0 Å². The normalized spacial score (nSPS) is 27.5. The van der Waals surface area contributed by atoms with Gasteiger partial charge in [-0.05, 0) is 50.2 Å². The number of nitrogens with one attached hydrogen (secondary N) is 1. The summed E-state index contributed by atoms with van der Waals surface area (Å²) in [5, 5.41) is 13.2. The van der Waals surface area contributed by atoms with Gasteiger partial charge in [0.2, 0.25) is 6.79 Å². The van der Waals surface area contributed by atoms with Crippen LogP contribution in [0.3, 0.4) is 0 Å². The number of rotatable bonds is 4. The van der Waals surface area contributed by atoms with Gasteiger partial charge in [-0.1, -0.05) is 6.42 Å². The highest BCUT2D eigenvalue weighted by Gasteiger charge is 2.26. The van der Waals surface area contributed by atoms with E-state index in [4.69, 9.17) is 9.47 Å². The van der Waals surface area contributed by atoms with Gasteiger partial charge in [0, 0.05) is 43.5 Å². The zero-order valence-corrected chi connectivity index (χ0v) is 14.2. The number of piperidine rings is 1. The standard InChI is InChI=1S/C19H28N2O3/c22-12-14-2-1-3-16(10-14)20-15-6-8-21(9-7-15)17-4-5-18-19(11-17)24-13-23-18/h4-5,11,14-16,20,22H,1-3,6-10,12-13H2/t14-,16-/m1/s1. The van der Waals surface area contributed by atoms with Gasteiger partial charge in [0.1, 0.15) is 0 Å². The van der Waals surface area contributed by atoms with Crippen molar-refractivity contribution in [1.29, 1.82) is 0 Å². The lowest BCUT2D eigenvalue weighted by Crippen LogP contribution is -2.47. The van der Waals surface area contributed by atoms with E-state index in [1.54, 1.807) is 0 Å². The van der Waals surface area contributed by atoms with Crippen LogP contribution in [-0.4, -0.2) is 43.7 Å². The molecule has 1 aromatic carbocycles. The molecule has 3 aliphatic rings. The van der Waals surface area contributed by atoms with Gasteiger partial charge in [0.25, 0.3) is 0 Å². The Morgan fingerprint density at radius 3 is 2.71 bits per heavy atom. The number of hydrogen-bond acceptors (Lipinski definition) is 5. The molecule has 5 heteroatoms. The summed E-state index contributed by atoms with van der Waals surface area (Å²) in [6, 6.07) is 7.45. The van der Waals surface area contributed by atoms with Gasteiger partial charge < -0.3 is 24.8 Å². The lowest BCUT2D eigenvalue weighted by molar-refractivity contribution is 0.164. The van der Waals surface area contributed by atoms with Gasteiger partial charge >= 0.3 is 0 Å². The van der Waals surface area contributed by atoms with Crippen molar-refractivity contribution >= 4 is 5.69 Å². The van der Waals surface area contributed by atoms with Crippen molar-refractivity contribution < 1.29 is 14.6 Å². The molecule has 2 fully saturated rings. The minimum atomic E-state index is 0.334. The number of anilines is 1. The smallest absolute Gasteiger partial charge is 0.231 e. The van der Waals surface area contributed by atoms with E-state index in [0.717, 1.165) is 31.0 Å². The van der Waals surface area contributed by atoms with Crippen LogP contribution in [0.25, 0.3) is 0 Å². The molecule has 1 saturated heterocycles. The molecule has 24 heavy (non-hydrogen) atoms. The largest absolute Gasteiger partial charge is 0.454 e. The molecule has 0 bridgehead atoms. The van der Waals surface area contributed by atoms with E-state index in [1.165, 1.54) is 37.8 Å². The number of ether oxygens (including phenoxy) is 2. The third-order valence-electron chi connectivity index (χ3n) is 5.73. The second kappa shape index (κ2) is 7.19. The summed E-state index contributed by atoms with van der Waals surface area (Å²) in [6.45, 7) is 2.84. The fraction of sp³-hybridized carbons (Fsp3) is 0.684. The number of aliphatic hydroxyl groups excluding tert-OH is 1. The SMILES string of the molecule is OC[C@@H]1CCC[C@@H](NC2CCN(c3ccc4c(c3)OCO4)CC2)C1. The number of benzene rings is 1. The monoisotopic (exact) mass is 332 g/mol. The van der Waals surface area contributed by atoms with Gasteiger partial charge in [-0.2, -0.15) is 0 Å². The first-order valence-corrected chi connectivity index (χ1v) is 9.33. The summed E-state index contributed by atoms with van der Waals surface area (Å²) < 4.78 is 10.9. The molecular weight excluding hydrogens is 304 g/mol. The summed E-state index contributed by atoms with van der Waals surface area (Å²) in [4.78, 5) is 2.44. The van der Waals surface area contributed by atoms with E-state index in [2.05, 4.69) is 22.3 Å². The average molecular weight is 332 g/mol. The summed E-state index contributed by atoms with van der Waals surface area (Å²) in [7, 11) is 0. The molecule has 4 rings (SSSR count). The molecular formula is C19H28N2O3. The van der Waals surface area contributed by atoms with Gasteiger partial charge in [-0.3, -0.25) is 0 Å². The fourth-order valence-corrected chi connectivity index (χ4v) is 4.33. The highest BCUT2D eigenvalue weighted by atomic mass is 16.7. The van der Waals surface area contributed by atoms with Crippen LogP contribution in [0.2, 0.25) is 0 Å². The first-order chi connectivity index (χ1) is 11.8. The Labute approximate surface area is 143 Å². The molecule has 0 unspecified atom stereocenters. The van der Waals surface area contributed by atoms with E-state index in [9.17, 15) is 5.11 Å². The number of hydrogen-bond donors (Lipinski definition) is 2. The Bertz CT molecular complexity index is 558. The number of fused-ring (bicyclic) bond motifs is 1. The Hall–Kier alpha value is -1.46. The third-order valence-corrected chi connectivity index (χ3v) is 5.73. The highest BCUT2D eigenvalue weighted by molar-refractivity contribution is 5.57. The van der Waals surface area contributed by atoms with E-state index in [-0.39, 0.29) is 0 Å². The lowest BCUT2D eigenvalue weighted by atomic mass is 9.85. The summed E-state index contributed by atoms with van der Waals surface area (Å²) in [6.07, 6.45) is 7.19. The maximum Gasteiger partial charge on any atom is 0.231 e. The molecule has 132 valence electrons. The highest BCUT2D eigenvalue weighted by Crippen LogP contribution is 2.36. The van der Waals surface area contributed by atoms with Crippen LogP contribution in [0.1, 0.15) is 38.5 Å². The van der Waals surface area contributed by atoms with Crippen molar-refractivity contribution in [2.45, 2.75) is 50.6 Å². The lowest BCUT2D eigenvalue weighted by Gasteiger charge is -2.37. The average Bonchev–Trinajstić information content (AvgIpc) is 3.10. The van der Waals surface area contributed by atoms with Crippen LogP contribution >= 0.6 is 0 Å². The molecule has 1 aliphatic carbocycles. The van der Waals surface area contributed by atoms with Crippen molar-refractivity contribution in [3.63, 3.8) is 0 Å². The van der Waals surface area contributed by atoms with Gasteiger partial charge in [0.05, 0.1) is 0 Å². The Morgan fingerprint density at radius 2 is 1.88 bits per heavy atom. The number of nitrogens with zero attached hydrogens (tertiary/aromatic N) is 1. The Balaban J connectivity index is 1.29. The zero-order valence-electron chi connectivity index (χ0n) is 14.2. The first kappa shape index (κ1) is 16.0. The quantitative estimate of drug-likeness (QED) is 0.887. The molecule has 1 aromatic rings. The van der Waals surface area contributed by atoms with Crippen molar-refractivity contribution in [3.05, 3.63) is 18.2 Å². The molecule has 2 atom stereocenters. The van der Waals surface area contributed by atoms with E-state index in [0.29, 0.717) is 31.4 Å². The Kier molecular flexibility index (Phi) is 4.81. The molecule has 0 spiro atoms. The van der Waals surface area contributed by atoms with Gasteiger partial charge in [-0.15, -0.1) is 0 Å². The Morgan fingerprint density at radius 1 is 1.04 bits per heavy atom. The molecule has 5 nitrogen and oxygen atoms in total. The minimum Gasteiger partial charge on any atom is -0.454 e. The van der Waals surface area contributed by atoms with E-state index < -0.39 is 0 Å². The molecule has 0 aromatic heterocycles. The third kappa shape index (κ3) is 3.47. The first-order valence-electron chi connectivity index (χ1n) is 9.33. The van der Waals surface area contributed by atoms with Crippen LogP contribution in [0.4, 0.5) is 5.69 Å². The van der Waals surface area contributed by atoms with Crippen LogP contribution in [0.5, 0.6) is 11.5 Å². The number of aliphatic hydroxyl groups is 1. The van der Waals surface area contributed by atoms with Crippen LogP contribution < -0.4 is 19.7 Å². The fourth-order valence-electron chi connectivity index (χ4n) is 4.33. The van der Waals surface area contributed by atoms with Crippen molar-refractivity contribution in [1.82, 2.24) is 5.32 Å². The minimum absolute atomic E-state index is 0.334. The van der Waals surface area contributed by atoms with Gasteiger partial charge in [0.15, 0.2) is 11.5 Å². The van der Waals surface area contributed by atoms with Crippen molar-refractivity contribution in [2.24, 2.45) is 5.92 Å². The molecule has 2 aliphatic heterocycles. The van der Waals surface area contributed by atoms with Crippen LogP contribution in [0, 0.1) is 5.92 Å². The summed E-state index contributed by atoms with van der Waals surface area (Å²) in [5.41, 5.74) is 1.23. The van der Waals surface area contributed by atoms with E-state index >= 15 is 0 Å². The van der Waals surface area contributed by atoms with Crippen molar-refractivity contribution in [3.8, 4) is 11.5 Å². The predicted molar refractivity (Wildman–Crippen MR) is 93.8 cm³/mol. The van der Waals surface area contributed by atoms with E-state index in [1.807, 2.05) is 6.07 Å². The van der Waals surface area contributed by atoms with Crippen LogP contribution in [0.15, 0.2) is 18.2 Å². The molecule has 0 amide bonds. The van der Waals surface area contributed by atoms with Crippen LogP contribution in [-0.2, 0) is 0 Å².